The SMILES string of the molecule is CCCCCCCCC(CCCCC(=O)O)CCC(CCCCCCCC)C(=O)O. The Bertz CT molecular complexity index is 408. The molecule has 0 heterocycles. The van der Waals surface area contributed by atoms with E-state index in [-0.39, 0.29) is 12.3 Å². The van der Waals surface area contributed by atoms with Crippen LogP contribution in [0.1, 0.15) is 142 Å². The molecule has 0 aromatic carbocycles. The molecule has 0 fully saturated rings. The second kappa shape index (κ2) is 21.2. The van der Waals surface area contributed by atoms with Gasteiger partial charge in [-0.15, -0.1) is 0 Å². The molecular weight excluding hydrogens is 376 g/mol. The summed E-state index contributed by atoms with van der Waals surface area (Å²) in [6, 6.07) is 0. The van der Waals surface area contributed by atoms with Gasteiger partial charge in [0.15, 0.2) is 0 Å². The third kappa shape index (κ3) is 18.9. The number of aliphatic carboxylic acids is 2. The van der Waals surface area contributed by atoms with Gasteiger partial charge in [0.05, 0.1) is 5.92 Å². The Morgan fingerprint density at radius 1 is 0.567 bits per heavy atom. The van der Waals surface area contributed by atoms with Crippen molar-refractivity contribution in [1.82, 2.24) is 0 Å². The van der Waals surface area contributed by atoms with Crippen molar-refractivity contribution in [3.63, 3.8) is 0 Å². The van der Waals surface area contributed by atoms with Gasteiger partial charge in [-0.25, -0.2) is 0 Å². The molecule has 0 aromatic heterocycles. The lowest BCUT2D eigenvalue weighted by atomic mass is 9.86. The highest BCUT2D eigenvalue weighted by Gasteiger charge is 2.19. The van der Waals surface area contributed by atoms with Crippen LogP contribution < -0.4 is 0 Å². The molecule has 178 valence electrons. The van der Waals surface area contributed by atoms with Crippen LogP contribution in [-0.2, 0) is 9.59 Å². The predicted octanol–water partition coefficient (Wildman–Crippen LogP) is 8.23. The van der Waals surface area contributed by atoms with E-state index in [4.69, 9.17) is 5.11 Å². The van der Waals surface area contributed by atoms with Gasteiger partial charge in [0.2, 0.25) is 0 Å². The number of unbranched alkanes of at least 4 members (excludes halogenated alkanes) is 11. The van der Waals surface area contributed by atoms with E-state index in [1.54, 1.807) is 0 Å². The van der Waals surface area contributed by atoms with Gasteiger partial charge in [0.25, 0.3) is 0 Å². The number of carboxylic acid groups (broad SMARTS) is 2. The summed E-state index contributed by atoms with van der Waals surface area (Å²) in [5.41, 5.74) is 0. The summed E-state index contributed by atoms with van der Waals surface area (Å²) in [5, 5.41) is 18.5. The van der Waals surface area contributed by atoms with Crippen LogP contribution in [0.4, 0.5) is 0 Å². The number of rotatable bonds is 23. The predicted molar refractivity (Wildman–Crippen MR) is 126 cm³/mol. The first-order chi connectivity index (χ1) is 14.5. The molecule has 30 heavy (non-hydrogen) atoms. The first-order valence-electron chi connectivity index (χ1n) is 13.0. The van der Waals surface area contributed by atoms with E-state index in [9.17, 15) is 14.7 Å². The van der Waals surface area contributed by atoms with Crippen molar-refractivity contribution in [3.8, 4) is 0 Å². The molecule has 0 aromatic rings. The molecule has 0 saturated carbocycles. The fraction of sp³-hybridized carbons (Fsp3) is 0.923. The minimum atomic E-state index is -0.715. The van der Waals surface area contributed by atoms with Gasteiger partial charge < -0.3 is 10.2 Å². The van der Waals surface area contributed by atoms with Crippen molar-refractivity contribution in [2.24, 2.45) is 11.8 Å². The van der Waals surface area contributed by atoms with Crippen LogP contribution in [0, 0.1) is 11.8 Å². The van der Waals surface area contributed by atoms with Crippen LogP contribution >= 0.6 is 0 Å². The van der Waals surface area contributed by atoms with Gasteiger partial charge in [-0.2, -0.15) is 0 Å². The number of carbonyl (C=O) groups is 2. The highest BCUT2D eigenvalue weighted by atomic mass is 16.4. The maximum Gasteiger partial charge on any atom is 0.306 e. The molecule has 0 saturated heterocycles. The van der Waals surface area contributed by atoms with Gasteiger partial charge in [-0.1, -0.05) is 110 Å². The first kappa shape index (κ1) is 28.9. The standard InChI is InChI=1S/C26H50O4/c1-3-5-7-9-11-13-17-23(18-15-16-20-25(27)28)21-22-24(26(29)30)19-14-12-10-8-6-4-2/h23-24H,3-22H2,1-2H3,(H,27,28)(H,29,30). The van der Waals surface area contributed by atoms with E-state index < -0.39 is 11.9 Å². The van der Waals surface area contributed by atoms with E-state index in [1.165, 1.54) is 70.6 Å². The molecule has 0 aliphatic carbocycles. The molecule has 4 nitrogen and oxygen atoms in total. The van der Waals surface area contributed by atoms with E-state index in [2.05, 4.69) is 13.8 Å². The molecule has 0 bridgehead atoms. The van der Waals surface area contributed by atoms with Gasteiger partial charge in [-0.05, 0) is 31.6 Å². The van der Waals surface area contributed by atoms with E-state index in [1.807, 2.05) is 0 Å². The van der Waals surface area contributed by atoms with E-state index in [0.29, 0.717) is 5.92 Å². The van der Waals surface area contributed by atoms with Crippen LogP contribution in [0.2, 0.25) is 0 Å². The van der Waals surface area contributed by atoms with Gasteiger partial charge in [-0.3, -0.25) is 9.59 Å². The van der Waals surface area contributed by atoms with Crippen LogP contribution in [0.3, 0.4) is 0 Å². The average Bonchev–Trinajstić information content (AvgIpc) is 2.71. The zero-order valence-corrected chi connectivity index (χ0v) is 20.0. The third-order valence-electron chi connectivity index (χ3n) is 6.40. The normalized spacial score (nSPS) is 13.3. The average molecular weight is 427 g/mol. The molecule has 2 unspecified atom stereocenters. The Hall–Kier alpha value is -1.06. The molecular formula is C26H50O4. The summed E-state index contributed by atoms with van der Waals surface area (Å²) in [6.07, 6.45) is 21.6. The van der Waals surface area contributed by atoms with Gasteiger partial charge in [0, 0.05) is 6.42 Å². The van der Waals surface area contributed by atoms with Crippen molar-refractivity contribution in [1.29, 1.82) is 0 Å². The molecule has 0 radical (unpaired) electrons. The summed E-state index contributed by atoms with van der Waals surface area (Å²) in [5.74, 6) is -1.00. The van der Waals surface area contributed by atoms with Crippen LogP contribution in [0.5, 0.6) is 0 Å². The van der Waals surface area contributed by atoms with Crippen molar-refractivity contribution >= 4 is 11.9 Å². The zero-order valence-electron chi connectivity index (χ0n) is 20.0. The second-order valence-corrected chi connectivity index (χ2v) is 9.23. The molecule has 2 N–H and O–H groups in total. The highest BCUT2D eigenvalue weighted by Crippen LogP contribution is 2.27. The van der Waals surface area contributed by atoms with Gasteiger partial charge >= 0.3 is 11.9 Å². The molecule has 0 amide bonds. The topological polar surface area (TPSA) is 74.6 Å². The fourth-order valence-electron chi connectivity index (χ4n) is 4.35. The third-order valence-corrected chi connectivity index (χ3v) is 6.40. The quantitative estimate of drug-likeness (QED) is 0.161. The maximum atomic E-state index is 11.7. The Morgan fingerprint density at radius 2 is 1.03 bits per heavy atom. The summed E-state index contributed by atoms with van der Waals surface area (Å²) in [4.78, 5) is 22.5. The van der Waals surface area contributed by atoms with E-state index >= 15 is 0 Å². The lowest BCUT2D eigenvalue weighted by Gasteiger charge is -2.20. The largest absolute Gasteiger partial charge is 0.481 e. The Kier molecular flexibility index (Phi) is 20.4. The summed E-state index contributed by atoms with van der Waals surface area (Å²) in [7, 11) is 0. The van der Waals surface area contributed by atoms with Crippen molar-refractivity contribution in [2.45, 2.75) is 142 Å². The number of hydrogen-bond acceptors (Lipinski definition) is 2. The molecule has 0 spiro atoms. The lowest BCUT2D eigenvalue weighted by Crippen LogP contribution is -2.15. The molecule has 0 aliphatic heterocycles. The van der Waals surface area contributed by atoms with Crippen molar-refractivity contribution in [3.05, 3.63) is 0 Å². The minimum absolute atomic E-state index is 0.206. The minimum Gasteiger partial charge on any atom is -0.481 e. The number of hydrogen-bond donors (Lipinski definition) is 2. The Morgan fingerprint density at radius 3 is 1.53 bits per heavy atom. The van der Waals surface area contributed by atoms with Crippen molar-refractivity contribution < 1.29 is 19.8 Å². The van der Waals surface area contributed by atoms with Gasteiger partial charge in [0.1, 0.15) is 0 Å². The monoisotopic (exact) mass is 426 g/mol. The van der Waals surface area contributed by atoms with E-state index in [0.717, 1.165) is 51.4 Å². The molecule has 4 heteroatoms. The summed E-state index contributed by atoms with van der Waals surface area (Å²) < 4.78 is 0. The molecule has 2 atom stereocenters. The zero-order chi connectivity index (χ0) is 22.5. The molecule has 0 rings (SSSR count). The smallest absolute Gasteiger partial charge is 0.306 e. The highest BCUT2D eigenvalue weighted by molar-refractivity contribution is 5.69. The maximum absolute atomic E-state index is 11.7. The van der Waals surface area contributed by atoms with Crippen LogP contribution in [0.15, 0.2) is 0 Å². The fourth-order valence-corrected chi connectivity index (χ4v) is 4.35. The Balaban J connectivity index is 4.30. The van der Waals surface area contributed by atoms with Crippen LogP contribution in [-0.4, -0.2) is 22.2 Å². The molecule has 0 aliphatic rings. The second-order valence-electron chi connectivity index (χ2n) is 9.23. The lowest BCUT2D eigenvalue weighted by molar-refractivity contribution is -0.142. The number of carboxylic acids is 2. The summed E-state index contributed by atoms with van der Waals surface area (Å²) >= 11 is 0. The van der Waals surface area contributed by atoms with Crippen LogP contribution in [0.25, 0.3) is 0 Å². The Labute approximate surface area is 186 Å². The van der Waals surface area contributed by atoms with Crippen molar-refractivity contribution in [2.75, 3.05) is 0 Å². The first-order valence-corrected chi connectivity index (χ1v) is 13.0. The summed E-state index contributed by atoms with van der Waals surface area (Å²) in [6.45, 7) is 4.45.